The molecule has 3 aromatic carbocycles. The molecular formula is C41H47ClN6O3S. The molecule has 0 spiro atoms. The Kier molecular flexibility index (Phi) is 12.1. The number of rotatable bonds is 13. The highest BCUT2D eigenvalue weighted by molar-refractivity contribution is 7.98. The number of hydrogen-bond donors (Lipinski definition) is 2. The van der Waals surface area contributed by atoms with Crippen LogP contribution in [0.2, 0.25) is 5.02 Å². The third kappa shape index (κ3) is 7.93. The number of allylic oxidation sites excluding steroid dienone is 1. The van der Waals surface area contributed by atoms with E-state index < -0.39 is 0 Å². The highest BCUT2D eigenvalue weighted by Gasteiger charge is 2.29. The summed E-state index contributed by atoms with van der Waals surface area (Å²) in [5, 5.41) is 8.42. The fraction of sp³-hybridized carbons (Fsp3) is 0.366. The molecule has 0 unspecified atom stereocenters. The molecule has 0 radical (unpaired) electrons. The van der Waals surface area contributed by atoms with Crippen LogP contribution in [0.25, 0.3) is 11.8 Å². The van der Waals surface area contributed by atoms with Crippen LogP contribution in [0.5, 0.6) is 0 Å². The number of carbonyl (C=O) groups is 3. The Morgan fingerprint density at radius 3 is 2.48 bits per heavy atom. The van der Waals surface area contributed by atoms with Crippen LogP contribution in [0.4, 0.5) is 5.69 Å². The van der Waals surface area contributed by atoms with Gasteiger partial charge in [-0.1, -0.05) is 74.7 Å². The number of benzene rings is 3. The Morgan fingerprint density at radius 2 is 1.75 bits per heavy atom. The van der Waals surface area contributed by atoms with Crippen molar-refractivity contribution in [3.05, 3.63) is 110 Å². The van der Waals surface area contributed by atoms with Crippen molar-refractivity contribution in [1.29, 1.82) is 0 Å². The third-order valence-electron chi connectivity index (χ3n) is 9.78. The van der Waals surface area contributed by atoms with Gasteiger partial charge in [-0.3, -0.25) is 19.1 Å². The molecule has 4 aromatic rings. The minimum absolute atomic E-state index is 0.163. The number of nitrogens with one attached hydrogen (secondary N) is 2. The van der Waals surface area contributed by atoms with E-state index in [0.717, 1.165) is 66.8 Å². The summed E-state index contributed by atoms with van der Waals surface area (Å²) in [6.07, 6.45) is 9.41. The first-order valence-corrected chi connectivity index (χ1v) is 19.5. The normalized spacial score (nSPS) is 13.5. The molecule has 11 heteroatoms. The first-order chi connectivity index (χ1) is 25.2. The summed E-state index contributed by atoms with van der Waals surface area (Å²) in [6, 6.07) is 17.4. The van der Waals surface area contributed by atoms with Gasteiger partial charge in [0.15, 0.2) is 5.69 Å². The summed E-state index contributed by atoms with van der Waals surface area (Å²) in [7, 11) is 0. The van der Waals surface area contributed by atoms with Gasteiger partial charge < -0.3 is 15.1 Å². The van der Waals surface area contributed by atoms with Crippen LogP contribution in [-0.4, -0.2) is 63.5 Å². The second-order valence-electron chi connectivity index (χ2n) is 13.4. The molecule has 0 saturated carbocycles. The molecule has 1 aromatic heterocycles. The van der Waals surface area contributed by atoms with E-state index in [1.807, 2.05) is 47.1 Å². The van der Waals surface area contributed by atoms with Crippen molar-refractivity contribution < 1.29 is 14.4 Å². The zero-order chi connectivity index (χ0) is 36.8. The molecule has 6 rings (SSSR count). The number of unbranched alkanes of at least 4 members (excludes halogenated alkanes) is 2. The van der Waals surface area contributed by atoms with Crippen LogP contribution in [0.15, 0.2) is 65.6 Å². The summed E-state index contributed by atoms with van der Waals surface area (Å²) in [4.78, 5) is 46.6. The van der Waals surface area contributed by atoms with E-state index in [-0.39, 0.29) is 28.4 Å². The molecule has 2 N–H and O–H groups in total. The van der Waals surface area contributed by atoms with Gasteiger partial charge in [-0.2, -0.15) is 5.10 Å². The number of anilines is 1. The summed E-state index contributed by atoms with van der Waals surface area (Å²) in [5.41, 5.74) is 7.51. The maximum atomic E-state index is 14.5. The number of amides is 3. The molecule has 272 valence electrons. The summed E-state index contributed by atoms with van der Waals surface area (Å²) in [5.74, 6) is -0.775. The van der Waals surface area contributed by atoms with E-state index in [4.69, 9.17) is 16.7 Å². The Labute approximate surface area is 315 Å². The molecule has 3 heterocycles. The van der Waals surface area contributed by atoms with Gasteiger partial charge in [0.1, 0.15) is 0 Å². The molecule has 2 aliphatic rings. The molecule has 0 saturated heterocycles. The molecule has 0 bridgehead atoms. The van der Waals surface area contributed by atoms with E-state index in [1.54, 1.807) is 29.8 Å². The third-order valence-corrected chi connectivity index (χ3v) is 11.1. The minimum Gasteiger partial charge on any atom is -0.384 e. The Hall–Kier alpha value is -4.54. The van der Waals surface area contributed by atoms with Crippen molar-refractivity contribution in [3.63, 3.8) is 0 Å². The van der Waals surface area contributed by atoms with E-state index in [1.165, 1.54) is 23.1 Å². The molecule has 0 aliphatic carbocycles. The number of aromatic nitrogens is 2. The summed E-state index contributed by atoms with van der Waals surface area (Å²) >= 11 is 8.11. The SMILES string of the molecule is C/C=C/c1cc2c(cc1SNC(=O)c1ccc(-n3nc(C(=O)N(CCCC)CCCC)c(Cl)c3C)c(C(=O)N3CCc4ccccc4C3)c1)NCC2. The lowest BCUT2D eigenvalue weighted by Gasteiger charge is -2.29. The van der Waals surface area contributed by atoms with Gasteiger partial charge in [0.25, 0.3) is 17.7 Å². The van der Waals surface area contributed by atoms with Gasteiger partial charge >= 0.3 is 0 Å². The predicted octanol–water partition coefficient (Wildman–Crippen LogP) is 8.51. The van der Waals surface area contributed by atoms with Crippen LogP contribution in [-0.2, 0) is 19.4 Å². The quantitative estimate of drug-likeness (QED) is 0.134. The van der Waals surface area contributed by atoms with Gasteiger partial charge in [0, 0.05) is 48.9 Å². The van der Waals surface area contributed by atoms with E-state index in [9.17, 15) is 14.4 Å². The van der Waals surface area contributed by atoms with Crippen molar-refractivity contribution in [3.8, 4) is 5.69 Å². The second kappa shape index (κ2) is 16.9. The molecular weight excluding hydrogens is 692 g/mol. The van der Waals surface area contributed by atoms with Gasteiger partial charge in [0.2, 0.25) is 0 Å². The lowest BCUT2D eigenvalue weighted by molar-refractivity contribution is 0.0732. The lowest BCUT2D eigenvalue weighted by atomic mass is 9.98. The molecule has 2 aliphatic heterocycles. The first-order valence-electron chi connectivity index (χ1n) is 18.3. The fourth-order valence-corrected chi connectivity index (χ4v) is 7.74. The van der Waals surface area contributed by atoms with Crippen molar-refractivity contribution in [2.75, 3.05) is 31.5 Å². The standard InChI is InChI=1S/C41H47ClN6O3S/c1-5-8-20-46(21-9-6-2)41(51)38-37(42)27(4)48(44-38)35-16-15-31(24-33(35)40(50)47-22-18-28-13-10-11-14-32(28)26-47)39(49)45-52-36-25-34-29(17-19-43-34)23-30(36)12-7-3/h7,10-16,23-25,43H,5-6,8-9,17-22,26H2,1-4H3,(H,45,49)/b12-7+. The molecule has 3 amide bonds. The zero-order valence-corrected chi connectivity index (χ0v) is 32.0. The number of fused-ring (bicyclic) bond motifs is 2. The van der Waals surface area contributed by atoms with Crippen LogP contribution in [0.1, 0.15) is 106 Å². The topological polar surface area (TPSA) is 99.6 Å². The largest absolute Gasteiger partial charge is 0.384 e. The summed E-state index contributed by atoms with van der Waals surface area (Å²) in [6.45, 7) is 11.1. The second-order valence-corrected chi connectivity index (χ2v) is 14.6. The predicted molar refractivity (Wildman–Crippen MR) is 211 cm³/mol. The van der Waals surface area contributed by atoms with E-state index >= 15 is 0 Å². The van der Waals surface area contributed by atoms with Gasteiger partial charge in [-0.25, -0.2) is 4.68 Å². The number of carbonyl (C=O) groups excluding carboxylic acids is 3. The number of hydrogen-bond acceptors (Lipinski definition) is 6. The van der Waals surface area contributed by atoms with Crippen molar-refractivity contribution in [2.45, 2.75) is 77.7 Å². The van der Waals surface area contributed by atoms with Crippen LogP contribution >= 0.6 is 23.5 Å². The van der Waals surface area contributed by atoms with Gasteiger partial charge in [0.05, 0.1) is 22.0 Å². The number of nitrogens with zero attached hydrogens (tertiary/aromatic N) is 4. The minimum atomic E-state index is -0.331. The Bertz CT molecular complexity index is 2000. The molecule has 0 atom stereocenters. The maximum absolute atomic E-state index is 14.5. The molecule has 9 nitrogen and oxygen atoms in total. The average molecular weight is 739 g/mol. The van der Waals surface area contributed by atoms with Gasteiger partial charge in [-0.05, 0) is 104 Å². The van der Waals surface area contributed by atoms with E-state index in [2.05, 4.69) is 42.1 Å². The monoisotopic (exact) mass is 738 g/mol. The van der Waals surface area contributed by atoms with Crippen molar-refractivity contribution >= 4 is 53.0 Å². The van der Waals surface area contributed by atoms with Crippen molar-refractivity contribution in [2.24, 2.45) is 0 Å². The Morgan fingerprint density at radius 1 is 1.00 bits per heavy atom. The van der Waals surface area contributed by atoms with E-state index in [0.29, 0.717) is 48.7 Å². The van der Waals surface area contributed by atoms with Crippen LogP contribution < -0.4 is 10.0 Å². The lowest BCUT2D eigenvalue weighted by Crippen LogP contribution is -2.36. The van der Waals surface area contributed by atoms with Gasteiger partial charge in [-0.15, -0.1) is 0 Å². The first kappa shape index (κ1) is 37.2. The highest BCUT2D eigenvalue weighted by Crippen LogP contribution is 2.33. The fourth-order valence-electron chi connectivity index (χ4n) is 6.80. The smallest absolute Gasteiger partial charge is 0.275 e. The molecule has 0 fully saturated rings. The highest BCUT2D eigenvalue weighted by atomic mass is 35.5. The van der Waals surface area contributed by atoms with Crippen LogP contribution in [0, 0.1) is 6.92 Å². The zero-order valence-electron chi connectivity index (χ0n) is 30.4. The summed E-state index contributed by atoms with van der Waals surface area (Å²) < 4.78 is 4.59. The molecule has 52 heavy (non-hydrogen) atoms. The maximum Gasteiger partial charge on any atom is 0.275 e. The van der Waals surface area contributed by atoms with Crippen LogP contribution in [0.3, 0.4) is 0 Å². The Balaban J connectivity index is 1.34. The average Bonchev–Trinajstić information content (AvgIpc) is 3.75. The van der Waals surface area contributed by atoms with Crippen molar-refractivity contribution in [1.82, 2.24) is 24.3 Å². The number of halogens is 1.